The number of nitrogens with one attached hydrogen (secondary N) is 1. The van der Waals surface area contributed by atoms with Crippen molar-refractivity contribution < 1.29 is 19.1 Å². The minimum atomic E-state index is -0.702. The predicted octanol–water partition coefficient (Wildman–Crippen LogP) is 4.28. The zero-order chi connectivity index (χ0) is 24.8. The number of para-hydroxylation sites is 2. The third kappa shape index (κ3) is 5.44. The number of hydrogen-bond donors (Lipinski definition) is 1. The largest absolute Gasteiger partial charge is 0.493 e. The summed E-state index contributed by atoms with van der Waals surface area (Å²) in [5.41, 5.74) is 2.36. The third-order valence-corrected chi connectivity index (χ3v) is 6.23. The van der Waals surface area contributed by atoms with Gasteiger partial charge in [0.1, 0.15) is 6.04 Å². The Bertz CT molecular complexity index is 1200. The van der Waals surface area contributed by atoms with E-state index < -0.39 is 6.04 Å². The van der Waals surface area contributed by atoms with Crippen LogP contribution >= 0.6 is 12.2 Å². The molecule has 1 aliphatic rings. The fraction of sp³-hybridized carbons (Fsp3) is 0.222. The summed E-state index contributed by atoms with van der Waals surface area (Å²) in [4.78, 5) is 29.4. The van der Waals surface area contributed by atoms with Crippen LogP contribution in [0, 0.1) is 0 Å². The van der Waals surface area contributed by atoms with E-state index in [0.717, 1.165) is 11.3 Å². The number of thiocarbonyl (C=S) groups is 1. The Morgan fingerprint density at radius 3 is 2.29 bits per heavy atom. The molecule has 7 nitrogen and oxygen atoms in total. The van der Waals surface area contributed by atoms with Crippen LogP contribution in [-0.2, 0) is 16.0 Å². The molecule has 0 aliphatic carbocycles. The highest BCUT2D eigenvalue weighted by Gasteiger charge is 2.43. The van der Waals surface area contributed by atoms with E-state index in [1.54, 1.807) is 38.5 Å². The fourth-order valence-corrected chi connectivity index (χ4v) is 4.45. The van der Waals surface area contributed by atoms with E-state index in [1.807, 2.05) is 59.5 Å². The monoisotopic (exact) mass is 489 g/mol. The lowest BCUT2D eigenvalue weighted by Crippen LogP contribution is -2.48. The second-order valence-corrected chi connectivity index (χ2v) is 8.44. The predicted molar refractivity (Wildman–Crippen MR) is 140 cm³/mol. The van der Waals surface area contributed by atoms with E-state index in [4.69, 9.17) is 21.7 Å². The first-order valence-electron chi connectivity index (χ1n) is 11.3. The first-order chi connectivity index (χ1) is 17.0. The van der Waals surface area contributed by atoms with Gasteiger partial charge in [-0.2, -0.15) is 0 Å². The highest BCUT2D eigenvalue weighted by Crippen LogP contribution is 2.29. The van der Waals surface area contributed by atoms with Crippen LogP contribution in [0.4, 0.5) is 11.4 Å². The maximum atomic E-state index is 13.4. The summed E-state index contributed by atoms with van der Waals surface area (Å²) in [6.45, 7) is 0.431. The Morgan fingerprint density at radius 2 is 1.63 bits per heavy atom. The molecule has 8 heteroatoms. The van der Waals surface area contributed by atoms with Crippen LogP contribution in [0.25, 0.3) is 0 Å². The molecule has 0 spiro atoms. The number of anilines is 2. The van der Waals surface area contributed by atoms with Crippen LogP contribution in [0.15, 0.2) is 78.9 Å². The van der Waals surface area contributed by atoms with Crippen molar-refractivity contribution in [3.8, 4) is 11.5 Å². The zero-order valence-corrected chi connectivity index (χ0v) is 20.5. The molecule has 4 rings (SSSR count). The third-order valence-electron chi connectivity index (χ3n) is 5.89. The van der Waals surface area contributed by atoms with Gasteiger partial charge in [-0.05, 0) is 60.6 Å². The summed E-state index contributed by atoms with van der Waals surface area (Å²) in [7, 11) is 3.18. The summed E-state index contributed by atoms with van der Waals surface area (Å²) in [5.74, 6) is 0.740. The number of benzene rings is 3. The summed E-state index contributed by atoms with van der Waals surface area (Å²) < 4.78 is 10.8. The van der Waals surface area contributed by atoms with E-state index >= 15 is 0 Å². The van der Waals surface area contributed by atoms with Gasteiger partial charge in [0.05, 0.1) is 26.3 Å². The van der Waals surface area contributed by atoms with E-state index in [9.17, 15) is 9.59 Å². The van der Waals surface area contributed by atoms with E-state index in [2.05, 4.69) is 5.32 Å². The number of carbonyl (C=O) groups excluding carboxylic acids is 2. The second-order valence-electron chi connectivity index (χ2n) is 8.05. The molecule has 0 aromatic heterocycles. The number of rotatable bonds is 8. The van der Waals surface area contributed by atoms with Gasteiger partial charge in [0.15, 0.2) is 16.6 Å². The van der Waals surface area contributed by atoms with Crippen LogP contribution in [-0.4, -0.2) is 48.6 Å². The molecule has 2 amide bonds. The van der Waals surface area contributed by atoms with Crippen molar-refractivity contribution in [3.63, 3.8) is 0 Å². The van der Waals surface area contributed by atoms with E-state index in [-0.39, 0.29) is 18.2 Å². The van der Waals surface area contributed by atoms with Gasteiger partial charge in [-0.25, -0.2) is 4.90 Å². The summed E-state index contributed by atoms with van der Waals surface area (Å²) in [5, 5.41) is 3.60. The first-order valence-corrected chi connectivity index (χ1v) is 11.7. The van der Waals surface area contributed by atoms with Crippen molar-refractivity contribution in [2.45, 2.75) is 18.9 Å². The molecule has 35 heavy (non-hydrogen) atoms. The summed E-state index contributed by atoms with van der Waals surface area (Å²) in [6, 6.07) is 23.5. The van der Waals surface area contributed by atoms with Gasteiger partial charge in [0.25, 0.3) is 5.91 Å². The normalized spacial score (nSPS) is 15.1. The summed E-state index contributed by atoms with van der Waals surface area (Å²) >= 11 is 5.73. The van der Waals surface area contributed by atoms with Crippen molar-refractivity contribution in [2.24, 2.45) is 0 Å². The Hall–Kier alpha value is -3.91. The molecule has 1 fully saturated rings. The van der Waals surface area contributed by atoms with Crippen molar-refractivity contribution in [3.05, 3.63) is 84.4 Å². The Kier molecular flexibility index (Phi) is 7.62. The molecule has 1 N–H and O–H groups in total. The quantitative estimate of drug-likeness (QED) is 0.374. The van der Waals surface area contributed by atoms with Gasteiger partial charge in [0.2, 0.25) is 5.91 Å². The molecule has 3 aromatic rings. The highest BCUT2D eigenvalue weighted by atomic mass is 32.1. The van der Waals surface area contributed by atoms with Gasteiger partial charge in [-0.15, -0.1) is 0 Å². The molecule has 1 atom stereocenters. The number of methoxy groups -OCH3 is 2. The molecule has 0 unspecified atom stereocenters. The Labute approximate surface area is 210 Å². The SMILES string of the molecule is COc1ccc(CCN(C(=S)Nc2ccccc2)[C@H]2CC(=O)N(c3ccccc3)C2=O)cc1OC. The van der Waals surface area contributed by atoms with Gasteiger partial charge >= 0.3 is 0 Å². The number of amides is 2. The molecule has 180 valence electrons. The number of ether oxygens (including phenoxy) is 2. The Morgan fingerprint density at radius 1 is 0.971 bits per heavy atom. The molecule has 0 radical (unpaired) electrons. The van der Waals surface area contributed by atoms with Crippen LogP contribution in [0.3, 0.4) is 0 Å². The Balaban J connectivity index is 1.58. The molecule has 1 saturated heterocycles. The van der Waals surface area contributed by atoms with E-state index in [1.165, 1.54) is 4.90 Å². The van der Waals surface area contributed by atoms with Gasteiger partial charge in [0, 0.05) is 12.2 Å². The van der Waals surface area contributed by atoms with Crippen LogP contribution in [0.2, 0.25) is 0 Å². The fourth-order valence-electron chi connectivity index (χ4n) is 4.11. The van der Waals surface area contributed by atoms with E-state index in [0.29, 0.717) is 35.3 Å². The number of carbonyl (C=O) groups is 2. The lowest BCUT2D eigenvalue weighted by Gasteiger charge is -2.30. The molecular weight excluding hydrogens is 462 g/mol. The highest BCUT2D eigenvalue weighted by molar-refractivity contribution is 7.80. The molecular formula is C27H27N3O4S. The number of hydrogen-bond acceptors (Lipinski definition) is 5. The van der Waals surface area contributed by atoms with Gasteiger partial charge < -0.3 is 19.7 Å². The molecule has 1 heterocycles. The van der Waals surface area contributed by atoms with Crippen LogP contribution in [0.5, 0.6) is 11.5 Å². The lowest BCUT2D eigenvalue weighted by atomic mass is 10.1. The average Bonchev–Trinajstić information content (AvgIpc) is 3.18. The average molecular weight is 490 g/mol. The molecule has 1 aliphatic heterocycles. The minimum absolute atomic E-state index is 0.0519. The number of nitrogens with zero attached hydrogens (tertiary/aromatic N) is 2. The standard InChI is InChI=1S/C27H27N3O4S/c1-33-23-14-13-19(17-24(23)34-2)15-16-29(27(35)28-20-9-5-3-6-10-20)22-18-25(31)30(26(22)32)21-11-7-4-8-12-21/h3-14,17,22H,15-16,18H2,1-2H3,(H,28,35)/t22-/m0/s1. The maximum absolute atomic E-state index is 13.4. The van der Waals surface area contributed by atoms with Crippen LogP contribution in [0.1, 0.15) is 12.0 Å². The van der Waals surface area contributed by atoms with Crippen molar-refractivity contribution in [1.82, 2.24) is 4.90 Å². The first kappa shape index (κ1) is 24.2. The van der Waals surface area contributed by atoms with Crippen LogP contribution < -0.4 is 19.7 Å². The smallest absolute Gasteiger partial charge is 0.257 e. The van der Waals surface area contributed by atoms with Crippen molar-refractivity contribution in [2.75, 3.05) is 31.0 Å². The molecule has 0 bridgehead atoms. The molecule has 0 saturated carbocycles. The minimum Gasteiger partial charge on any atom is -0.493 e. The maximum Gasteiger partial charge on any atom is 0.257 e. The van der Waals surface area contributed by atoms with Gasteiger partial charge in [-0.3, -0.25) is 9.59 Å². The topological polar surface area (TPSA) is 71.1 Å². The molecule has 3 aromatic carbocycles. The lowest BCUT2D eigenvalue weighted by molar-refractivity contribution is -0.122. The van der Waals surface area contributed by atoms with Crippen molar-refractivity contribution >= 4 is 40.5 Å². The van der Waals surface area contributed by atoms with Crippen molar-refractivity contribution in [1.29, 1.82) is 0 Å². The second kappa shape index (κ2) is 11.0. The number of imide groups is 1. The zero-order valence-electron chi connectivity index (χ0n) is 19.6. The van der Waals surface area contributed by atoms with Gasteiger partial charge in [-0.1, -0.05) is 42.5 Å². The summed E-state index contributed by atoms with van der Waals surface area (Å²) in [6.07, 6.45) is 0.635.